The van der Waals surface area contributed by atoms with E-state index < -0.39 is 0 Å². The molecule has 0 aliphatic heterocycles. The minimum Gasteiger partial charge on any atom is -0.493 e. The summed E-state index contributed by atoms with van der Waals surface area (Å²) in [6, 6.07) is 11.3. The van der Waals surface area contributed by atoms with Gasteiger partial charge in [-0.05, 0) is 35.9 Å². The van der Waals surface area contributed by atoms with E-state index in [1.165, 1.54) is 0 Å². The summed E-state index contributed by atoms with van der Waals surface area (Å²) >= 11 is 6.24. The molecular weight excluding hydrogens is 340 g/mol. The number of nitrogens with zero attached hydrogens (tertiary/aromatic N) is 2. The number of aromatic nitrogens is 2. The van der Waals surface area contributed by atoms with E-state index in [0.717, 1.165) is 16.6 Å². The van der Waals surface area contributed by atoms with Gasteiger partial charge in [0.1, 0.15) is 5.69 Å². The van der Waals surface area contributed by atoms with Crippen LogP contribution in [0.3, 0.4) is 0 Å². The van der Waals surface area contributed by atoms with Crippen molar-refractivity contribution in [3.8, 4) is 17.2 Å². The number of ether oxygens (including phenoxy) is 3. The Kier molecular flexibility index (Phi) is 5.05. The van der Waals surface area contributed by atoms with Crippen LogP contribution in [0.5, 0.6) is 17.2 Å². The molecule has 0 N–H and O–H groups in total. The molecule has 25 heavy (non-hydrogen) atoms. The molecule has 0 bridgehead atoms. The predicted octanol–water partition coefficient (Wildman–Crippen LogP) is 4.48. The summed E-state index contributed by atoms with van der Waals surface area (Å²) in [5.74, 6) is 1.71. The maximum Gasteiger partial charge on any atom is 0.203 e. The van der Waals surface area contributed by atoms with Crippen LogP contribution in [0.4, 0.5) is 0 Å². The third-order valence-electron chi connectivity index (χ3n) is 3.67. The second kappa shape index (κ2) is 7.40. The number of hydrogen-bond donors (Lipinski definition) is 0. The van der Waals surface area contributed by atoms with Crippen molar-refractivity contribution in [3.63, 3.8) is 0 Å². The molecule has 0 aliphatic rings. The molecule has 6 heteroatoms. The Morgan fingerprint density at radius 2 is 1.44 bits per heavy atom. The summed E-state index contributed by atoms with van der Waals surface area (Å²) in [4.78, 5) is 8.91. The van der Waals surface area contributed by atoms with E-state index in [4.69, 9.17) is 25.8 Å². The Labute approximate surface area is 150 Å². The number of rotatable bonds is 5. The van der Waals surface area contributed by atoms with Crippen molar-refractivity contribution in [2.45, 2.75) is 0 Å². The van der Waals surface area contributed by atoms with Crippen LogP contribution in [0.1, 0.15) is 11.3 Å². The summed E-state index contributed by atoms with van der Waals surface area (Å²) in [7, 11) is 4.73. The van der Waals surface area contributed by atoms with Gasteiger partial charge >= 0.3 is 0 Å². The fourth-order valence-corrected chi connectivity index (χ4v) is 2.67. The van der Waals surface area contributed by atoms with Gasteiger partial charge in [0.05, 0.1) is 32.4 Å². The molecule has 0 saturated heterocycles. The van der Waals surface area contributed by atoms with Gasteiger partial charge in [-0.25, -0.2) is 9.97 Å². The Hall–Kier alpha value is -2.79. The maximum atomic E-state index is 6.24. The van der Waals surface area contributed by atoms with Crippen LogP contribution in [-0.4, -0.2) is 31.3 Å². The van der Waals surface area contributed by atoms with Gasteiger partial charge in [-0.2, -0.15) is 0 Å². The fraction of sp³-hybridized carbons (Fsp3) is 0.158. The SMILES string of the molecule is COc1cc(/C=C/c2nc3ccccc3nc2Cl)cc(OC)c1OC. The van der Waals surface area contributed by atoms with Crippen LogP contribution >= 0.6 is 11.6 Å². The molecule has 1 aromatic heterocycles. The molecule has 0 unspecified atom stereocenters. The molecule has 0 amide bonds. The van der Waals surface area contributed by atoms with Gasteiger partial charge in [-0.3, -0.25) is 0 Å². The first kappa shape index (κ1) is 17.0. The Balaban J connectivity index is 2.00. The highest BCUT2D eigenvalue weighted by atomic mass is 35.5. The lowest BCUT2D eigenvalue weighted by Gasteiger charge is -2.12. The lowest BCUT2D eigenvalue weighted by molar-refractivity contribution is 0.324. The van der Waals surface area contributed by atoms with Crippen LogP contribution in [0, 0.1) is 0 Å². The van der Waals surface area contributed by atoms with Crippen molar-refractivity contribution < 1.29 is 14.2 Å². The molecule has 3 rings (SSSR count). The van der Waals surface area contributed by atoms with Crippen molar-refractivity contribution in [1.29, 1.82) is 0 Å². The van der Waals surface area contributed by atoms with Crippen molar-refractivity contribution >= 4 is 34.8 Å². The summed E-state index contributed by atoms with van der Waals surface area (Å²) in [6.07, 6.45) is 3.68. The molecule has 128 valence electrons. The molecule has 0 radical (unpaired) electrons. The van der Waals surface area contributed by atoms with Crippen LogP contribution in [0.15, 0.2) is 36.4 Å². The van der Waals surface area contributed by atoms with Gasteiger partial charge in [0.25, 0.3) is 0 Å². The Bertz CT molecular complexity index is 916. The van der Waals surface area contributed by atoms with E-state index in [1.54, 1.807) is 21.3 Å². The average Bonchev–Trinajstić information content (AvgIpc) is 2.65. The number of benzene rings is 2. The van der Waals surface area contributed by atoms with Crippen molar-refractivity contribution in [2.75, 3.05) is 21.3 Å². The van der Waals surface area contributed by atoms with Gasteiger partial charge in [-0.1, -0.05) is 29.8 Å². The van der Waals surface area contributed by atoms with E-state index in [-0.39, 0.29) is 0 Å². The molecule has 5 nitrogen and oxygen atoms in total. The average molecular weight is 357 g/mol. The van der Waals surface area contributed by atoms with Crippen LogP contribution in [0.25, 0.3) is 23.2 Å². The maximum absolute atomic E-state index is 6.24. The van der Waals surface area contributed by atoms with Crippen LogP contribution in [0.2, 0.25) is 5.15 Å². The zero-order chi connectivity index (χ0) is 17.8. The second-order valence-electron chi connectivity index (χ2n) is 5.18. The summed E-state index contributed by atoms with van der Waals surface area (Å²) in [5.41, 5.74) is 3.00. The smallest absolute Gasteiger partial charge is 0.203 e. The number of para-hydroxylation sites is 2. The van der Waals surface area contributed by atoms with Crippen LogP contribution in [-0.2, 0) is 0 Å². The first-order valence-corrected chi connectivity index (χ1v) is 7.94. The predicted molar refractivity (Wildman–Crippen MR) is 99.6 cm³/mol. The first-order chi connectivity index (χ1) is 12.2. The molecule has 0 aliphatic carbocycles. The normalized spacial score (nSPS) is 11.0. The third kappa shape index (κ3) is 3.51. The van der Waals surface area contributed by atoms with Gasteiger partial charge < -0.3 is 14.2 Å². The molecule has 0 atom stereocenters. The third-order valence-corrected chi connectivity index (χ3v) is 3.95. The van der Waals surface area contributed by atoms with E-state index >= 15 is 0 Å². The zero-order valence-corrected chi connectivity index (χ0v) is 14.9. The highest BCUT2D eigenvalue weighted by molar-refractivity contribution is 6.31. The van der Waals surface area contributed by atoms with E-state index in [9.17, 15) is 0 Å². The van der Waals surface area contributed by atoms with Gasteiger partial charge in [0.2, 0.25) is 5.75 Å². The topological polar surface area (TPSA) is 53.5 Å². The number of hydrogen-bond acceptors (Lipinski definition) is 5. The molecule has 0 fully saturated rings. The van der Waals surface area contributed by atoms with Crippen molar-refractivity contribution in [2.24, 2.45) is 0 Å². The molecule has 1 heterocycles. The van der Waals surface area contributed by atoms with E-state index in [2.05, 4.69) is 9.97 Å². The lowest BCUT2D eigenvalue weighted by atomic mass is 10.1. The molecule has 0 saturated carbocycles. The van der Waals surface area contributed by atoms with Gasteiger partial charge in [0.15, 0.2) is 16.7 Å². The largest absolute Gasteiger partial charge is 0.493 e. The minimum absolute atomic E-state index is 0.349. The Morgan fingerprint density at radius 3 is 2.00 bits per heavy atom. The first-order valence-electron chi connectivity index (χ1n) is 7.56. The summed E-state index contributed by atoms with van der Waals surface area (Å²) in [5, 5.41) is 0.349. The van der Waals surface area contributed by atoms with Gasteiger partial charge in [0, 0.05) is 0 Å². The molecule has 0 spiro atoms. The van der Waals surface area contributed by atoms with E-state index in [0.29, 0.717) is 28.1 Å². The minimum atomic E-state index is 0.349. The van der Waals surface area contributed by atoms with E-state index in [1.807, 2.05) is 48.6 Å². The highest BCUT2D eigenvalue weighted by Crippen LogP contribution is 2.38. The number of methoxy groups -OCH3 is 3. The second-order valence-corrected chi connectivity index (χ2v) is 5.54. The van der Waals surface area contributed by atoms with Crippen molar-refractivity contribution in [3.05, 3.63) is 52.8 Å². The highest BCUT2D eigenvalue weighted by Gasteiger charge is 2.12. The summed E-state index contributed by atoms with van der Waals surface area (Å²) in [6.45, 7) is 0. The fourth-order valence-electron chi connectivity index (χ4n) is 2.47. The zero-order valence-electron chi connectivity index (χ0n) is 14.1. The number of halogens is 1. The molecular formula is C19H17ClN2O3. The van der Waals surface area contributed by atoms with Crippen molar-refractivity contribution in [1.82, 2.24) is 9.97 Å². The summed E-state index contributed by atoms with van der Waals surface area (Å²) < 4.78 is 16.0. The number of fused-ring (bicyclic) bond motifs is 1. The van der Waals surface area contributed by atoms with Gasteiger partial charge in [-0.15, -0.1) is 0 Å². The lowest BCUT2D eigenvalue weighted by Crippen LogP contribution is -1.95. The standard InChI is InChI=1S/C19H17ClN2O3/c1-23-16-10-12(11-17(24-2)18(16)25-3)8-9-15-19(20)22-14-7-5-4-6-13(14)21-15/h4-11H,1-3H3/b9-8+. The van der Waals surface area contributed by atoms with Crippen LogP contribution < -0.4 is 14.2 Å². The molecule has 2 aromatic carbocycles. The quantitative estimate of drug-likeness (QED) is 0.674. The molecule has 3 aromatic rings. The monoisotopic (exact) mass is 356 g/mol. The Morgan fingerprint density at radius 1 is 0.840 bits per heavy atom.